The van der Waals surface area contributed by atoms with Gasteiger partial charge in [-0.05, 0) is 12.1 Å². The molecule has 1 unspecified atom stereocenters. The Kier molecular flexibility index (Phi) is 5.46. The van der Waals surface area contributed by atoms with Crippen molar-refractivity contribution in [2.45, 2.75) is 26.0 Å². The number of nitrogens with one attached hydrogen (secondary N) is 1. The van der Waals surface area contributed by atoms with E-state index >= 15 is 0 Å². The van der Waals surface area contributed by atoms with Gasteiger partial charge in [0.2, 0.25) is 6.35 Å². The van der Waals surface area contributed by atoms with Crippen LogP contribution in [0.2, 0.25) is 0 Å². The zero-order chi connectivity index (χ0) is 18.5. The maximum absolute atomic E-state index is 12.8. The van der Waals surface area contributed by atoms with Gasteiger partial charge in [-0.2, -0.15) is 8.78 Å². The van der Waals surface area contributed by atoms with E-state index < -0.39 is 19.4 Å². The average Bonchev–Trinajstić information content (AvgIpc) is 3.10. The van der Waals surface area contributed by atoms with E-state index in [2.05, 4.69) is 25.4 Å². The highest BCUT2D eigenvalue weighted by Crippen LogP contribution is 2.21. The third-order valence-corrected chi connectivity index (χ3v) is 3.25. The fourth-order valence-corrected chi connectivity index (χ4v) is 2.09. The molecule has 138 valence electrons. The predicted octanol–water partition coefficient (Wildman–Crippen LogP) is 2.76. The zero-order valence-electron chi connectivity index (χ0n) is 13.1. The van der Waals surface area contributed by atoms with Crippen molar-refractivity contribution in [2.75, 3.05) is 0 Å². The lowest BCUT2D eigenvalue weighted by atomic mass is 10.2. The van der Waals surface area contributed by atoms with Crippen LogP contribution in [0.3, 0.4) is 0 Å². The second-order valence-electron chi connectivity index (χ2n) is 5.08. The molecule has 0 saturated carbocycles. The number of benzene rings is 1. The van der Waals surface area contributed by atoms with Gasteiger partial charge in [-0.25, -0.2) is 18.5 Å². The summed E-state index contributed by atoms with van der Waals surface area (Å²) in [4.78, 5) is 3.85. The van der Waals surface area contributed by atoms with Crippen LogP contribution in [0, 0.1) is 0 Å². The Morgan fingerprint density at radius 2 is 2.08 bits per heavy atom. The molecule has 0 aliphatic carbocycles. The number of hydrogen-bond donors (Lipinski definition) is 1. The number of rotatable bonds is 7. The molecule has 0 radical (unpaired) electrons. The van der Waals surface area contributed by atoms with Crippen molar-refractivity contribution in [3.8, 4) is 5.69 Å². The van der Waals surface area contributed by atoms with Crippen molar-refractivity contribution in [3.63, 3.8) is 0 Å². The summed E-state index contributed by atoms with van der Waals surface area (Å²) >= 11 is 0. The first kappa shape index (κ1) is 17.9. The number of hydrogen-bond acceptors (Lipinski definition) is 6. The van der Waals surface area contributed by atoms with E-state index in [4.69, 9.17) is 4.74 Å². The maximum atomic E-state index is 12.8. The molecule has 1 aromatic carbocycles. The van der Waals surface area contributed by atoms with Crippen molar-refractivity contribution in [3.05, 3.63) is 53.7 Å². The fourth-order valence-electron chi connectivity index (χ4n) is 2.09. The standard InChI is InChI=1S/C15H13F4N5O2/c16-13(17)9-2-1-3-11(4-9)24-7-10(22-23-24)8-25-15-20-5-12(6-21-15)26-14(18)19/h1-7,13-15,20H,8H2. The number of halogens is 4. The maximum Gasteiger partial charge on any atom is 0.387 e. The second kappa shape index (κ2) is 7.95. The molecular formula is C15H13F4N5O2. The van der Waals surface area contributed by atoms with Crippen molar-refractivity contribution >= 4 is 6.21 Å². The Bertz CT molecular complexity index is 809. The summed E-state index contributed by atoms with van der Waals surface area (Å²) in [5.74, 6) is -0.121. The summed E-state index contributed by atoms with van der Waals surface area (Å²) in [7, 11) is 0. The van der Waals surface area contributed by atoms with Gasteiger partial charge in [0.05, 0.1) is 24.7 Å². The Morgan fingerprint density at radius 3 is 2.77 bits per heavy atom. The molecular weight excluding hydrogens is 358 g/mol. The van der Waals surface area contributed by atoms with Crippen LogP contribution in [0.15, 0.2) is 47.4 Å². The molecule has 26 heavy (non-hydrogen) atoms. The van der Waals surface area contributed by atoms with E-state index in [-0.39, 0.29) is 17.9 Å². The number of aliphatic imine (C=N–C) groups is 1. The molecule has 0 fully saturated rings. The van der Waals surface area contributed by atoms with Crippen LogP contribution in [-0.4, -0.2) is 34.2 Å². The molecule has 2 heterocycles. The molecule has 1 atom stereocenters. The molecule has 0 spiro atoms. The summed E-state index contributed by atoms with van der Waals surface area (Å²) in [5.41, 5.74) is 0.750. The molecule has 11 heteroatoms. The summed E-state index contributed by atoms with van der Waals surface area (Å²) in [6, 6.07) is 5.75. The molecule has 7 nitrogen and oxygen atoms in total. The third kappa shape index (κ3) is 4.57. The molecule has 0 saturated heterocycles. The number of alkyl halides is 4. The van der Waals surface area contributed by atoms with Gasteiger partial charge >= 0.3 is 6.61 Å². The highest BCUT2D eigenvalue weighted by molar-refractivity contribution is 5.76. The smallest absolute Gasteiger partial charge is 0.387 e. The van der Waals surface area contributed by atoms with Crippen LogP contribution in [0.25, 0.3) is 5.69 Å². The van der Waals surface area contributed by atoms with Crippen LogP contribution in [0.5, 0.6) is 0 Å². The first-order chi connectivity index (χ1) is 12.5. The summed E-state index contributed by atoms with van der Waals surface area (Å²) in [6.07, 6.45) is 0.463. The predicted molar refractivity (Wildman–Crippen MR) is 81.7 cm³/mol. The van der Waals surface area contributed by atoms with Gasteiger partial charge in [-0.15, -0.1) is 5.10 Å². The van der Waals surface area contributed by atoms with E-state index in [1.165, 1.54) is 35.3 Å². The minimum Gasteiger partial charge on any atom is -0.432 e. The Hall–Kier alpha value is -2.95. The van der Waals surface area contributed by atoms with Gasteiger partial charge in [0, 0.05) is 11.8 Å². The Balaban J connectivity index is 1.56. The lowest BCUT2D eigenvalue weighted by Gasteiger charge is -2.17. The Morgan fingerprint density at radius 1 is 1.23 bits per heavy atom. The SMILES string of the molecule is FC(F)OC1=CNC(OCc2cn(-c3cccc(C(F)F)c3)nn2)N=C1. The molecule has 1 aliphatic heterocycles. The largest absolute Gasteiger partial charge is 0.432 e. The first-order valence-corrected chi connectivity index (χ1v) is 7.37. The molecule has 2 aromatic rings. The van der Waals surface area contributed by atoms with Gasteiger partial charge in [0.1, 0.15) is 5.69 Å². The quantitative estimate of drug-likeness (QED) is 0.758. The van der Waals surface area contributed by atoms with Crippen LogP contribution in [0.4, 0.5) is 17.6 Å². The van der Waals surface area contributed by atoms with E-state index in [0.717, 1.165) is 6.21 Å². The van der Waals surface area contributed by atoms with Crippen LogP contribution in [-0.2, 0) is 16.1 Å². The van der Waals surface area contributed by atoms with Gasteiger partial charge < -0.3 is 14.8 Å². The van der Waals surface area contributed by atoms with Gasteiger partial charge in [0.15, 0.2) is 5.76 Å². The highest BCUT2D eigenvalue weighted by Gasteiger charge is 2.14. The van der Waals surface area contributed by atoms with Crippen LogP contribution < -0.4 is 5.32 Å². The molecule has 0 bridgehead atoms. The van der Waals surface area contributed by atoms with E-state index in [9.17, 15) is 17.6 Å². The number of aromatic nitrogens is 3. The van der Waals surface area contributed by atoms with Gasteiger partial charge in [0.25, 0.3) is 6.43 Å². The normalized spacial score (nSPS) is 16.7. The number of nitrogens with zero attached hydrogens (tertiary/aromatic N) is 4. The molecule has 1 aromatic heterocycles. The zero-order valence-corrected chi connectivity index (χ0v) is 13.1. The van der Waals surface area contributed by atoms with Crippen LogP contribution in [0.1, 0.15) is 17.7 Å². The van der Waals surface area contributed by atoms with Crippen molar-refractivity contribution in [1.29, 1.82) is 0 Å². The topological polar surface area (TPSA) is 73.6 Å². The number of ether oxygens (including phenoxy) is 2. The molecule has 0 amide bonds. The molecule has 1 aliphatic rings. The van der Waals surface area contributed by atoms with Crippen LogP contribution >= 0.6 is 0 Å². The summed E-state index contributed by atoms with van der Waals surface area (Å²) in [5, 5.41) is 10.4. The minimum atomic E-state index is -2.94. The van der Waals surface area contributed by atoms with Crippen molar-refractivity contribution in [1.82, 2.24) is 20.3 Å². The molecule has 3 rings (SSSR count). The van der Waals surface area contributed by atoms with Gasteiger partial charge in [-0.3, -0.25) is 0 Å². The van der Waals surface area contributed by atoms with Crippen molar-refractivity contribution < 1.29 is 27.0 Å². The second-order valence-corrected chi connectivity index (χ2v) is 5.08. The monoisotopic (exact) mass is 371 g/mol. The lowest BCUT2D eigenvalue weighted by molar-refractivity contribution is -0.0909. The highest BCUT2D eigenvalue weighted by atomic mass is 19.3. The lowest BCUT2D eigenvalue weighted by Crippen LogP contribution is -2.29. The first-order valence-electron chi connectivity index (χ1n) is 7.37. The number of allylic oxidation sites excluding steroid dienone is 1. The summed E-state index contributed by atoms with van der Waals surface area (Å²) in [6.45, 7) is -2.92. The Labute approximate surface area is 144 Å². The third-order valence-electron chi connectivity index (χ3n) is 3.25. The minimum absolute atomic E-state index is 0.0163. The average molecular weight is 371 g/mol. The summed E-state index contributed by atoms with van der Waals surface area (Å²) < 4.78 is 60.5. The van der Waals surface area contributed by atoms with Crippen molar-refractivity contribution in [2.24, 2.45) is 4.99 Å². The van der Waals surface area contributed by atoms with E-state index in [1.54, 1.807) is 6.07 Å². The van der Waals surface area contributed by atoms with E-state index in [1.807, 2.05) is 0 Å². The molecule has 1 N–H and O–H groups in total. The van der Waals surface area contributed by atoms with Gasteiger partial charge in [-0.1, -0.05) is 17.3 Å². The fraction of sp³-hybridized carbons (Fsp3) is 0.267. The van der Waals surface area contributed by atoms with E-state index in [0.29, 0.717) is 11.4 Å².